The quantitative estimate of drug-likeness (QED) is 0.376. The molecule has 32 heavy (non-hydrogen) atoms. The highest BCUT2D eigenvalue weighted by atomic mass is 35.5. The molecule has 5 nitrogen and oxygen atoms in total. The van der Waals surface area contributed by atoms with Crippen molar-refractivity contribution in [1.29, 1.82) is 0 Å². The van der Waals surface area contributed by atoms with Gasteiger partial charge in [0.15, 0.2) is 5.11 Å². The number of thiocarbonyl (C=S) groups is 1. The molecule has 1 saturated heterocycles. The number of aryl methyl sites for hydroxylation is 1. The van der Waals surface area contributed by atoms with Crippen molar-refractivity contribution in [2.24, 2.45) is 0 Å². The second-order valence-electron chi connectivity index (χ2n) is 7.74. The third kappa shape index (κ3) is 3.99. The number of pyridine rings is 2. The molecule has 2 atom stereocenters. The van der Waals surface area contributed by atoms with Gasteiger partial charge in [0.25, 0.3) is 0 Å². The molecule has 2 unspecified atom stereocenters. The Morgan fingerprint density at radius 1 is 1.03 bits per heavy atom. The summed E-state index contributed by atoms with van der Waals surface area (Å²) >= 11 is 12.0. The largest absolute Gasteiger partial charge is 0.459 e. The Bertz CT molecular complexity index is 1250. The maximum Gasteiger partial charge on any atom is 0.170 e. The normalized spacial score (nSPS) is 18.1. The zero-order valence-corrected chi connectivity index (χ0v) is 19.0. The third-order valence-electron chi connectivity index (χ3n) is 5.64. The first kappa shape index (κ1) is 20.7. The van der Waals surface area contributed by atoms with Gasteiger partial charge in [-0.2, -0.15) is 0 Å². The first-order valence-corrected chi connectivity index (χ1v) is 11.1. The fourth-order valence-corrected chi connectivity index (χ4v) is 4.54. The van der Waals surface area contributed by atoms with Gasteiger partial charge in [0, 0.05) is 23.0 Å². The topological polar surface area (TPSA) is 54.2 Å². The first-order valence-electron chi connectivity index (χ1n) is 10.3. The van der Waals surface area contributed by atoms with Crippen molar-refractivity contribution < 1.29 is 4.42 Å². The summed E-state index contributed by atoms with van der Waals surface area (Å²) in [6.07, 6.45) is 3.58. The van der Waals surface area contributed by atoms with Crippen LogP contribution < -0.4 is 5.32 Å². The number of nitrogens with zero attached hydrogens (tertiary/aromatic N) is 3. The summed E-state index contributed by atoms with van der Waals surface area (Å²) in [5.41, 5.74) is 3.91. The summed E-state index contributed by atoms with van der Waals surface area (Å²) in [6, 6.07) is 21.3. The standard InChI is InChI=1S/C25H21ClN4OS/c1-16-8-9-17(26)14-19(16)21-10-11-22(31-21)24-23(20-7-3-5-13-28-20)29-25(32)30(24)15-18-6-2-4-12-27-18/h2-14,23-24H,15H2,1H3,(H,29,32). The molecule has 0 bridgehead atoms. The Kier molecular flexibility index (Phi) is 5.64. The SMILES string of the molecule is Cc1ccc(Cl)cc1-c1ccc(C2C(c3ccccn3)NC(=S)N2Cc2ccccn2)o1. The van der Waals surface area contributed by atoms with Crippen LogP contribution in [0.15, 0.2) is 83.5 Å². The zero-order valence-electron chi connectivity index (χ0n) is 17.4. The average Bonchev–Trinajstić information content (AvgIpc) is 3.42. The van der Waals surface area contributed by atoms with E-state index in [1.54, 1.807) is 12.4 Å². The predicted octanol–water partition coefficient (Wildman–Crippen LogP) is 5.87. The summed E-state index contributed by atoms with van der Waals surface area (Å²) in [4.78, 5) is 11.2. The molecular formula is C25H21ClN4OS. The van der Waals surface area contributed by atoms with Crippen LogP contribution in [0.2, 0.25) is 5.02 Å². The lowest BCUT2D eigenvalue weighted by Crippen LogP contribution is -2.29. The Labute approximate surface area is 197 Å². The van der Waals surface area contributed by atoms with Gasteiger partial charge in [-0.05, 0) is 73.2 Å². The van der Waals surface area contributed by atoms with E-state index in [-0.39, 0.29) is 12.1 Å². The zero-order chi connectivity index (χ0) is 22.1. The number of rotatable bonds is 5. The second-order valence-corrected chi connectivity index (χ2v) is 8.56. The van der Waals surface area contributed by atoms with Crippen molar-refractivity contribution in [2.45, 2.75) is 25.6 Å². The van der Waals surface area contributed by atoms with Crippen molar-refractivity contribution in [1.82, 2.24) is 20.2 Å². The van der Waals surface area contributed by atoms with Crippen LogP contribution in [0.1, 0.15) is 34.8 Å². The molecule has 7 heteroatoms. The van der Waals surface area contributed by atoms with Gasteiger partial charge in [-0.1, -0.05) is 29.8 Å². The van der Waals surface area contributed by atoms with Crippen LogP contribution in [0, 0.1) is 6.92 Å². The van der Waals surface area contributed by atoms with Gasteiger partial charge in [-0.3, -0.25) is 9.97 Å². The Hall–Kier alpha value is -3.22. The van der Waals surface area contributed by atoms with Gasteiger partial charge < -0.3 is 14.6 Å². The lowest BCUT2D eigenvalue weighted by Gasteiger charge is -2.25. The summed E-state index contributed by atoms with van der Waals surface area (Å²) in [5.74, 6) is 1.58. The van der Waals surface area contributed by atoms with E-state index in [1.165, 1.54) is 0 Å². The molecule has 0 saturated carbocycles. The van der Waals surface area contributed by atoms with Gasteiger partial charge in [-0.25, -0.2) is 0 Å². The van der Waals surface area contributed by atoms with E-state index in [0.717, 1.165) is 34.0 Å². The Morgan fingerprint density at radius 2 is 1.84 bits per heavy atom. The number of nitrogens with one attached hydrogen (secondary N) is 1. The molecule has 1 aliphatic rings. The molecule has 5 rings (SSSR count). The molecule has 0 amide bonds. The van der Waals surface area contributed by atoms with Crippen molar-refractivity contribution in [2.75, 3.05) is 0 Å². The fraction of sp³-hybridized carbons (Fsp3) is 0.160. The minimum Gasteiger partial charge on any atom is -0.459 e. The van der Waals surface area contributed by atoms with Crippen LogP contribution in [-0.2, 0) is 6.54 Å². The van der Waals surface area contributed by atoms with Crippen molar-refractivity contribution in [3.8, 4) is 11.3 Å². The van der Waals surface area contributed by atoms with E-state index < -0.39 is 0 Å². The summed E-state index contributed by atoms with van der Waals surface area (Å²) in [6.45, 7) is 2.61. The molecule has 4 heterocycles. The summed E-state index contributed by atoms with van der Waals surface area (Å²) < 4.78 is 6.41. The number of halogens is 1. The van der Waals surface area contributed by atoms with E-state index in [4.69, 9.17) is 28.2 Å². The molecule has 1 aliphatic heterocycles. The monoisotopic (exact) mass is 460 g/mol. The smallest absolute Gasteiger partial charge is 0.170 e. The molecule has 4 aromatic rings. The van der Waals surface area contributed by atoms with Crippen molar-refractivity contribution in [3.63, 3.8) is 0 Å². The molecular weight excluding hydrogens is 440 g/mol. The van der Waals surface area contributed by atoms with Crippen LogP contribution in [-0.4, -0.2) is 20.0 Å². The molecule has 0 spiro atoms. The minimum atomic E-state index is -0.173. The predicted molar refractivity (Wildman–Crippen MR) is 129 cm³/mol. The molecule has 0 aliphatic carbocycles. The van der Waals surface area contributed by atoms with Gasteiger partial charge in [0.05, 0.1) is 24.0 Å². The molecule has 0 radical (unpaired) electrons. The fourth-order valence-electron chi connectivity index (χ4n) is 4.07. The van der Waals surface area contributed by atoms with Crippen molar-refractivity contribution >= 4 is 28.9 Å². The molecule has 1 aromatic carbocycles. The average molecular weight is 461 g/mol. The van der Waals surface area contributed by atoms with E-state index in [0.29, 0.717) is 16.7 Å². The second kappa shape index (κ2) is 8.73. The Balaban J connectivity index is 1.56. The van der Waals surface area contributed by atoms with Crippen LogP contribution in [0.4, 0.5) is 0 Å². The van der Waals surface area contributed by atoms with Gasteiger partial charge in [0.2, 0.25) is 0 Å². The maximum atomic E-state index is 6.41. The highest BCUT2D eigenvalue weighted by Crippen LogP contribution is 2.41. The van der Waals surface area contributed by atoms with Crippen molar-refractivity contribution in [3.05, 3.63) is 107 Å². The summed E-state index contributed by atoms with van der Waals surface area (Å²) in [7, 11) is 0. The van der Waals surface area contributed by atoms with E-state index >= 15 is 0 Å². The van der Waals surface area contributed by atoms with E-state index in [1.807, 2.05) is 73.7 Å². The number of benzene rings is 1. The van der Waals surface area contributed by atoms with E-state index in [2.05, 4.69) is 20.2 Å². The third-order valence-corrected chi connectivity index (χ3v) is 6.23. The lowest BCUT2D eigenvalue weighted by molar-refractivity contribution is 0.267. The highest BCUT2D eigenvalue weighted by Gasteiger charge is 2.41. The minimum absolute atomic E-state index is 0.146. The maximum absolute atomic E-state index is 6.41. The molecule has 3 aromatic heterocycles. The van der Waals surface area contributed by atoms with Crippen LogP contribution in [0.25, 0.3) is 11.3 Å². The van der Waals surface area contributed by atoms with E-state index in [9.17, 15) is 0 Å². The van der Waals surface area contributed by atoms with Gasteiger partial charge in [0.1, 0.15) is 17.6 Å². The van der Waals surface area contributed by atoms with Crippen LogP contribution >= 0.6 is 23.8 Å². The molecule has 160 valence electrons. The Morgan fingerprint density at radius 3 is 2.59 bits per heavy atom. The van der Waals surface area contributed by atoms with Crippen LogP contribution in [0.3, 0.4) is 0 Å². The number of hydrogen-bond acceptors (Lipinski definition) is 4. The van der Waals surface area contributed by atoms with Crippen LogP contribution in [0.5, 0.6) is 0 Å². The first-order chi connectivity index (χ1) is 15.6. The van der Waals surface area contributed by atoms with Gasteiger partial charge >= 0.3 is 0 Å². The van der Waals surface area contributed by atoms with Gasteiger partial charge in [-0.15, -0.1) is 0 Å². The highest BCUT2D eigenvalue weighted by molar-refractivity contribution is 7.80. The number of hydrogen-bond donors (Lipinski definition) is 1. The molecule has 1 N–H and O–H groups in total. The number of aromatic nitrogens is 2. The number of furan rings is 1. The summed E-state index contributed by atoms with van der Waals surface area (Å²) in [5, 5.41) is 4.77. The lowest BCUT2D eigenvalue weighted by atomic mass is 10.0. The molecule has 1 fully saturated rings.